The van der Waals surface area contributed by atoms with Crippen molar-refractivity contribution in [1.29, 1.82) is 0 Å². The smallest absolute Gasteiger partial charge is 0.322 e. The fourth-order valence-electron chi connectivity index (χ4n) is 4.26. The molecule has 0 bridgehead atoms. The van der Waals surface area contributed by atoms with Crippen molar-refractivity contribution in [3.05, 3.63) is 102 Å². The molecule has 1 fully saturated rings. The Hall–Kier alpha value is -3.44. The van der Waals surface area contributed by atoms with Crippen molar-refractivity contribution >= 4 is 17.5 Å². The van der Waals surface area contributed by atoms with Crippen LogP contribution in [0.15, 0.2) is 84.9 Å². The van der Waals surface area contributed by atoms with E-state index in [4.69, 9.17) is 0 Å². The van der Waals surface area contributed by atoms with Gasteiger partial charge in [-0.1, -0.05) is 72.8 Å². The van der Waals surface area contributed by atoms with Crippen LogP contribution in [0.2, 0.25) is 0 Å². The molecule has 1 saturated heterocycles. The van der Waals surface area contributed by atoms with Crippen molar-refractivity contribution in [2.45, 2.75) is 13.0 Å². The molecule has 0 unspecified atom stereocenters. The van der Waals surface area contributed by atoms with E-state index in [1.807, 2.05) is 23.1 Å². The molecule has 5 nitrogen and oxygen atoms in total. The van der Waals surface area contributed by atoms with Crippen LogP contribution in [0.25, 0.3) is 0 Å². The molecule has 0 atom stereocenters. The summed E-state index contributed by atoms with van der Waals surface area (Å²) < 4.78 is 0. The number of nitrogens with one attached hydrogen (secondary N) is 2. The summed E-state index contributed by atoms with van der Waals surface area (Å²) in [6.45, 7) is 4.64. The molecule has 3 aromatic rings. The zero-order valence-corrected chi connectivity index (χ0v) is 17.8. The van der Waals surface area contributed by atoms with Gasteiger partial charge in [-0.15, -0.1) is 0 Å². The Balaban J connectivity index is 1.43. The number of hydrogen-bond donors (Lipinski definition) is 2. The molecule has 0 saturated carbocycles. The third kappa shape index (κ3) is 5.01. The molecule has 5 heteroatoms. The maximum Gasteiger partial charge on any atom is 0.322 e. The van der Waals surface area contributed by atoms with E-state index in [1.54, 1.807) is 18.2 Å². The predicted octanol–water partition coefficient (Wildman–Crippen LogP) is 3.41. The lowest BCUT2D eigenvalue weighted by Crippen LogP contribution is -3.15. The number of amides is 2. The van der Waals surface area contributed by atoms with Gasteiger partial charge in [-0.25, -0.2) is 4.79 Å². The van der Waals surface area contributed by atoms with Gasteiger partial charge < -0.3 is 15.1 Å². The number of nitrogens with zero attached hydrogens (tertiary/aromatic N) is 1. The third-order valence-electron chi connectivity index (χ3n) is 5.89. The van der Waals surface area contributed by atoms with Gasteiger partial charge in [0.2, 0.25) is 0 Å². The molecule has 0 aromatic heterocycles. The number of rotatable bonds is 5. The highest BCUT2D eigenvalue weighted by Crippen LogP contribution is 2.19. The lowest BCUT2D eigenvalue weighted by atomic mass is 9.96. The molecule has 1 heterocycles. The molecule has 0 radical (unpaired) electrons. The third-order valence-corrected chi connectivity index (χ3v) is 5.89. The topological polar surface area (TPSA) is 53.9 Å². The largest absolute Gasteiger partial charge is 0.322 e. The Morgan fingerprint density at radius 1 is 0.839 bits per heavy atom. The van der Waals surface area contributed by atoms with Crippen LogP contribution in [0, 0.1) is 0 Å². The number of carbonyl (C=O) groups excluding carboxylic acids is 2. The maximum absolute atomic E-state index is 12.8. The van der Waals surface area contributed by atoms with E-state index in [0.29, 0.717) is 24.3 Å². The van der Waals surface area contributed by atoms with Crippen molar-refractivity contribution in [1.82, 2.24) is 4.90 Å². The fraction of sp³-hybridized carbons (Fsp3) is 0.231. The standard InChI is InChI=1S/C26H27N3O2/c1-20(30)23-13-8-14-24(19-23)27-26(31)29-17-15-28(16-18-29)25(21-9-4-2-5-10-21)22-11-6-3-7-12-22/h2-14,19,25H,15-18H2,1H3,(H,27,31)/p+1. The van der Waals surface area contributed by atoms with Gasteiger partial charge >= 0.3 is 6.03 Å². The highest BCUT2D eigenvalue weighted by atomic mass is 16.2. The monoisotopic (exact) mass is 414 g/mol. The summed E-state index contributed by atoms with van der Waals surface area (Å²) in [6, 6.07) is 28.4. The van der Waals surface area contributed by atoms with E-state index in [2.05, 4.69) is 53.8 Å². The second-order valence-corrected chi connectivity index (χ2v) is 7.97. The molecule has 158 valence electrons. The van der Waals surface area contributed by atoms with E-state index >= 15 is 0 Å². The summed E-state index contributed by atoms with van der Waals surface area (Å²) in [5.41, 5.74) is 3.84. The number of carbonyl (C=O) groups is 2. The molecule has 3 aromatic carbocycles. The normalized spacial score (nSPS) is 14.5. The van der Waals surface area contributed by atoms with Crippen LogP contribution in [-0.4, -0.2) is 42.9 Å². The number of benzene rings is 3. The van der Waals surface area contributed by atoms with Crippen LogP contribution < -0.4 is 10.2 Å². The van der Waals surface area contributed by atoms with Crippen LogP contribution in [0.3, 0.4) is 0 Å². The van der Waals surface area contributed by atoms with Gasteiger partial charge in [0.05, 0.1) is 26.2 Å². The van der Waals surface area contributed by atoms with Gasteiger partial charge in [0.25, 0.3) is 0 Å². The summed E-state index contributed by atoms with van der Waals surface area (Å²) >= 11 is 0. The first-order valence-corrected chi connectivity index (χ1v) is 10.7. The minimum atomic E-state index is -0.115. The maximum atomic E-state index is 12.8. The predicted molar refractivity (Wildman–Crippen MR) is 122 cm³/mol. The van der Waals surface area contributed by atoms with Crippen LogP contribution in [0.4, 0.5) is 10.5 Å². The first kappa shape index (κ1) is 20.8. The van der Waals surface area contributed by atoms with E-state index < -0.39 is 0 Å². The summed E-state index contributed by atoms with van der Waals surface area (Å²) in [6.07, 6.45) is 0. The molecule has 0 spiro atoms. The Labute approximate surface area is 183 Å². The van der Waals surface area contributed by atoms with Gasteiger partial charge in [-0.3, -0.25) is 4.79 Å². The lowest BCUT2D eigenvalue weighted by Gasteiger charge is -2.37. The number of anilines is 1. The van der Waals surface area contributed by atoms with E-state index in [-0.39, 0.29) is 17.9 Å². The van der Waals surface area contributed by atoms with Crippen molar-refractivity contribution in [2.75, 3.05) is 31.5 Å². The summed E-state index contributed by atoms with van der Waals surface area (Å²) in [7, 11) is 0. The first-order valence-electron chi connectivity index (χ1n) is 10.7. The first-order chi connectivity index (χ1) is 15.1. The van der Waals surface area contributed by atoms with Gasteiger partial charge in [0.1, 0.15) is 6.04 Å². The Morgan fingerprint density at radius 3 is 1.97 bits per heavy atom. The van der Waals surface area contributed by atoms with E-state index in [0.717, 1.165) is 13.1 Å². The average Bonchev–Trinajstić information content (AvgIpc) is 2.81. The Morgan fingerprint density at radius 2 is 1.42 bits per heavy atom. The molecular weight excluding hydrogens is 386 g/mol. The van der Waals surface area contributed by atoms with Gasteiger partial charge in [-0.05, 0) is 19.1 Å². The van der Waals surface area contributed by atoms with E-state index in [9.17, 15) is 9.59 Å². The molecule has 31 heavy (non-hydrogen) atoms. The molecule has 2 N–H and O–H groups in total. The second-order valence-electron chi connectivity index (χ2n) is 7.97. The summed E-state index contributed by atoms with van der Waals surface area (Å²) in [4.78, 5) is 27.7. The Kier molecular flexibility index (Phi) is 6.43. The van der Waals surface area contributed by atoms with Gasteiger partial charge in [0.15, 0.2) is 5.78 Å². The highest BCUT2D eigenvalue weighted by Gasteiger charge is 2.31. The quantitative estimate of drug-likeness (QED) is 0.629. The Bertz CT molecular complexity index is 989. The van der Waals surface area contributed by atoms with E-state index in [1.165, 1.54) is 23.0 Å². The second kappa shape index (κ2) is 9.58. The number of Topliss-reactive ketones (excluding diaryl/α,β-unsaturated/α-hetero) is 1. The number of piperazine rings is 1. The minimum absolute atomic E-state index is 0.0128. The molecule has 0 aliphatic carbocycles. The molecule has 1 aliphatic heterocycles. The fourth-order valence-corrected chi connectivity index (χ4v) is 4.26. The van der Waals surface area contributed by atoms with Crippen molar-refractivity contribution in [3.8, 4) is 0 Å². The number of hydrogen-bond acceptors (Lipinski definition) is 2. The van der Waals surface area contributed by atoms with Crippen molar-refractivity contribution in [3.63, 3.8) is 0 Å². The molecule has 4 rings (SSSR count). The molecular formula is C26H28N3O2+. The van der Waals surface area contributed by atoms with Gasteiger partial charge in [-0.2, -0.15) is 0 Å². The summed E-state index contributed by atoms with van der Waals surface area (Å²) in [5.74, 6) is -0.0128. The number of quaternary nitrogens is 1. The minimum Gasteiger partial charge on any atom is -0.322 e. The number of urea groups is 1. The van der Waals surface area contributed by atoms with Crippen molar-refractivity contribution in [2.24, 2.45) is 0 Å². The van der Waals surface area contributed by atoms with Gasteiger partial charge in [0, 0.05) is 22.4 Å². The lowest BCUT2D eigenvalue weighted by molar-refractivity contribution is -0.929. The summed E-state index contributed by atoms with van der Waals surface area (Å²) in [5, 5.41) is 2.94. The zero-order chi connectivity index (χ0) is 21.6. The van der Waals surface area contributed by atoms with Crippen LogP contribution in [0.1, 0.15) is 34.5 Å². The zero-order valence-electron chi connectivity index (χ0n) is 17.8. The van der Waals surface area contributed by atoms with Crippen LogP contribution in [0.5, 0.6) is 0 Å². The molecule has 1 aliphatic rings. The molecule has 2 amide bonds. The van der Waals surface area contributed by atoms with Crippen molar-refractivity contribution < 1.29 is 14.5 Å². The van der Waals surface area contributed by atoms with Crippen LogP contribution in [-0.2, 0) is 0 Å². The highest BCUT2D eigenvalue weighted by molar-refractivity contribution is 5.96. The van der Waals surface area contributed by atoms with Crippen LogP contribution >= 0.6 is 0 Å². The SMILES string of the molecule is CC(=O)c1cccc(NC(=O)N2CC[NH+](C(c3ccccc3)c3ccccc3)CC2)c1. The average molecular weight is 415 g/mol. The number of ketones is 1.